The second-order valence-electron chi connectivity index (χ2n) is 5.03. The Labute approximate surface area is 124 Å². The molecule has 2 rings (SSSR count). The van der Waals surface area contributed by atoms with Crippen LogP contribution in [-0.4, -0.2) is 33.4 Å². The number of nitrogens with zero attached hydrogens (tertiary/aromatic N) is 3. The number of benzene rings is 1. The van der Waals surface area contributed by atoms with Crippen molar-refractivity contribution in [2.75, 3.05) is 6.54 Å². The van der Waals surface area contributed by atoms with Crippen LogP contribution >= 0.6 is 0 Å². The van der Waals surface area contributed by atoms with E-state index in [1.54, 1.807) is 6.20 Å². The minimum atomic E-state index is -0.156. The van der Waals surface area contributed by atoms with Crippen LogP contribution in [0, 0.1) is 0 Å². The van der Waals surface area contributed by atoms with Crippen molar-refractivity contribution < 1.29 is 5.21 Å². The fourth-order valence-electron chi connectivity index (χ4n) is 2.22. The molecule has 0 spiro atoms. The molecule has 112 valence electrons. The van der Waals surface area contributed by atoms with E-state index < -0.39 is 0 Å². The summed E-state index contributed by atoms with van der Waals surface area (Å²) in [5.74, 6) is 0.0521. The molecule has 0 fully saturated rings. The second kappa shape index (κ2) is 7.44. The highest BCUT2D eigenvalue weighted by Crippen LogP contribution is 2.15. The summed E-state index contributed by atoms with van der Waals surface area (Å²) >= 11 is 0. The largest absolute Gasteiger partial charge is 0.409 e. The number of nitrogens with one attached hydrogen (secondary N) is 1. The summed E-state index contributed by atoms with van der Waals surface area (Å²) in [5, 5.41) is 19.7. The maximum Gasteiger partial charge on any atom is 0.147 e. The highest BCUT2D eigenvalue weighted by Gasteiger charge is 2.17. The van der Waals surface area contributed by atoms with E-state index in [9.17, 15) is 0 Å². The zero-order chi connectivity index (χ0) is 15.1. The van der Waals surface area contributed by atoms with Crippen LogP contribution < -0.4 is 11.1 Å². The van der Waals surface area contributed by atoms with Gasteiger partial charge in [-0.25, -0.2) is 0 Å². The molecule has 4 N–H and O–H groups in total. The van der Waals surface area contributed by atoms with Crippen molar-refractivity contribution in [3.8, 4) is 0 Å². The molecule has 1 heterocycles. The Bertz CT molecular complexity index is 553. The average molecular weight is 287 g/mol. The lowest BCUT2D eigenvalue weighted by atomic mass is 9.98. The predicted octanol–water partition coefficient (Wildman–Crippen LogP) is 1.39. The smallest absolute Gasteiger partial charge is 0.147 e. The minimum Gasteiger partial charge on any atom is -0.409 e. The summed E-state index contributed by atoms with van der Waals surface area (Å²) in [6.07, 6.45) is 3.69. The molecule has 0 saturated carbocycles. The standard InChI is InChI=1S/C15H21N5O/c1-12(11-20-9-5-8-18-20)17-10-14(15(16)19-21)13-6-3-2-4-7-13/h2-9,12,14,17,21H,10-11H2,1H3,(H2,16,19). The van der Waals surface area contributed by atoms with E-state index in [0.29, 0.717) is 6.54 Å². The first-order valence-corrected chi connectivity index (χ1v) is 6.94. The first-order valence-electron chi connectivity index (χ1n) is 6.94. The van der Waals surface area contributed by atoms with Crippen LogP contribution in [0.15, 0.2) is 53.9 Å². The third-order valence-corrected chi connectivity index (χ3v) is 3.36. The van der Waals surface area contributed by atoms with Crippen LogP contribution in [0.1, 0.15) is 18.4 Å². The molecule has 21 heavy (non-hydrogen) atoms. The summed E-state index contributed by atoms with van der Waals surface area (Å²) < 4.78 is 1.87. The zero-order valence-corrected chi connectivity index (χ0v) is 12.1. The molecule has 0 amide bonds. The first-order chi connectivity index (χ1) is 10.2. The fourth-order valence-corrected chi connectivity index (χ4v) is 2.22. The van der Waals surface area contributed by atoms with Gasteiger partial charge >= 0.3 is 0 Å². The molecule has 6 nitrogen and oxygen atoms in total. The quantitative estimate of drug-likeness (QED) is 0.311. The topological polar surface area (TPSA) is 88.5 Å². The molecule has 0 radical (unpaired) electrons. The van der Waals surface area contributed by atoms with E-state index in [4.69, 9.17) is 10.9 Å². The van der Waals surface area contributed by atoms with Gasteiger partial charge in [-0.2, -0.15) is 5.10 Å². The molecule has 0 aliphatic carbocycles. The Balaban J connectivity index is 1.96. The molecule has 2 atom stereocenters. The minimum absolute atomic E-state index is 0.156. The average Bonchev–Trinajstić information content (AvgIpc) is 3.01. The third kappa shape index (κ3) is 4.32. The molecule has 0 bridgehead atoms. The summed E-state index contributed by atoms with van der Waals surface area (Å²) in [5.41, 5.74) is 6.83. The number of oxime groups is 1. The van der Waals surface area contributed by atoms with Crippen molar-refractivity contribution in [3.05, 3.63) is 54.4 Å². The van der Waals surface area contributed by atoms with Gasteiger partial charge in [-0.3, -0.25) is 4.68 Å². The van der Waals surface area contributed by atoms with Gasteiger partial charge in [0.15, 0.2) is 0 Å². The number of amidine groups is 1. The Morgan fingerprint density at radius 3 is 2.76 bits per heavy atom. The molecular formula is C15H21N5O. The molecular weight excluding hydrogens is 266 g/mol. The Hall–Kier alpha value is -2.34. The van der Waals surface area contributed by atoms with Gasteiger partial charge in [0.2, 0.25) is 0 Å². The monoisotopic (exact) mass is 287 g/mol. The predicted molar refractivity (Wildman–Crippen MR) is 82.3 cm³/mol. The van der Waals surface area contributed by atoms with Crippen LogP contribution in [-0.2, 0) is 6.54 Å². The SMILES string of the molecule is CC(Cn1cccn1)NCC(C(N)=NO)c1ccccc1. The summed E-state index contributed by atoms with van der Waals surface area (Å²) in [6, 6.07) is 11.9. The molecule has 2 unspecified atom stereocenters. The lowest BCUT2D eigenvalue weighted by molar-refractivity contribution is 0.315. The van der Waals surface area contributed by atoms with Gasteiger partial charge in [0.1, 0.15) is 5.84 Å². The zero-order valence-electron chi connectivity index (χ0n) is 12.1. The maximum atomic E-state index is 8.96. The van der Waals surface area contributed by atoms with Gasteiger partial charge in [-0.15, -0.1) is 0 Å². The van der Waals surface area contributed by atoms with E-state index >= 15 is 0 Å². The van der Waals surface area contributed by atoms with Crippen molar-refractivity contribution in [1.82, 2.24) is 15.1 Å². The Kier molecular flexibility index (Phi) is 5.34. The van der Waals surface area contributed by atoms with Crippen LogP contribution in [0.5, 0.6) is 0 Å². The molecule has 0 aliphatic heterocycles. The Morgan fingerprint density at radius 2 is 2.14 bits per heavy atom. The van der Waals surface area contributed by atoms with Crippen LogP contribution in [0.3, 0.4) is 0 Å². The van der Waals surface area contributed by atoms with Crippen molar-refractivity contribution in [2.24, 2.45) is 10.9 Å². The molecule has 0 aliphatic rings. The lowest BCUT2D eigenvalue weighted by Gasteiger charge is -2.20. The number of hydrogen-bond donors (Lipinski definition) is 3. The van der Waals surface area contributed by atoms with E-state index in [2.05, 4.69) is 22.5 Å². The van der Waals surface area contributed by atoms with Gasteiger partial charge in [0.05, 0.1) is 12.5 Å². The molecule has 6 heteroatoms. The van der Waals surface area contributed by atoms with Crippen molar-refractivity contribution in [2.45, 2.75) is 25.4 Å². The number of aromatic nitrogens is 2. The van der Waals surface area contributed by atoms with Gasteiger partial charge in [0, 0.05) is 25.0 Å². The lowest BCUT2D eigenvalue weighted by Crippen LogP contribution is -2.38. The summed E-state index contributed by atoms with van der Waals surface area (Å²) in [7, 11) is 0. The van der Waals surface area contributed by atoms with E-state index in [1.165, 1.54) is 0 Å². The van der Waals surface area contributed by atoms with Gasteiger partial charge in [0.25, 0.3) is 0 Å². The van der Waals surface area contributed by atoms with Crippen molar-refractivity contribution in [1.29, 1.82) is 0 Å². The highest BCUT2D eigenvalue weighted by atomic mass is 16.4. The number of hydrogen-bond acceptors (Lipinski definition) is 4. The Morgan fingerprint density at radius 1 is 1.38 bits per heavy atom. The molecule has 1 aromatic carbocycles. The van der Waals surface area contributed by atoms with Crippen LogP contribution in [0.2, 0.25) is 0 Å². The van der Waals surface area contributed by atoms with Crippen LogP contribution in [0.4, 0.5) is 0 Å². The van der Waals surface area contributed by atoms with Gasteiger partial charge in [-0.05, 0) is 18.6 Å². The normalized spacial score (nSPS) is 14.8. The summed E-state index contributed by atoms with van der Waals surface area (Å²) in [6.45, 7) is 3.45. The number of rotatable bonds is 7. The van der Waals surface area contributed by atoms with Crippen LogP contribution in [0.25, 0.3) is 0 Å². The second-order valence-corrected chi connectivity index (χ2v) is 5.03. The first kappa shape index (κ1) is 15.1. The van der Waals surface area contributed by atoms with Gasteiger partial charge < -0.3 is 16.3 Å². The molecule has 2 aromatic rings. The number of nitrogens with two attached hydrogens (primary N) is 1. The maximum absolute atomic E-state index is 8.96. The highest BCUT2D eigenvalue weighted by molar-refractivity contribution is 5.87. The molecule has 1 aromatic heterocycles. The van der Waals surface area contributed by atoms with E-state index in [0.717, 1.165) is 12.1 Å². The molecule has 0 saturated heterocycles. The third-order valence-electron chi connectivity index (χ3n) is 3.36. The van der Waals surface area contributed by atoms with E-state index in [1.807, 2.05) is 47.3 Å². The van der Waals surface area contributed by atoms with Gasteiger partial charge in [-0.1, -0.05) is 35.5 Å². The van der Waals surface area contributed by atoms with Crippen molar-refractivity contribution >= 4 is 5.84 Å². The van der Waals surface area contributed by atoms with Crippen molar-refractivity contribution in [3.63, 3.8) is 0 Å². The fraction of sp³-hybridized carbons (Fsp3) is 0.333. The summed E-state index contributed by atoms with van der Waals surface area (Å²) in [4.78, 5) is 0. The van der Waals surface area contributed by atoms with E-state index in [-0.39, 0.29) is 17.8 Å².